The van der Waals surface area contributed by atoms with Crippen LogP contribution in [0.15, 0.2) is 59.2 Å². The minimum absolute atomic E-state index is 0.105. The Bertz CT molecular complexity index is 679. The number of carbonyl (C=O) groups excluding carboxylic acids is 2. The molecule has 0 bridgehead atoms. The van der Waals surface area contributed by atoms with E-state index in [0.717, 1.165) is 11.3 Å². The summed E-state index contributed by atoms with van der Waals surface area (Å²) in [5.41, 5.74) is 1.56. The second kappa shape index (κ2) is 11.6. The number of benzene rings is 1. The maximum absolute atomic E-state index is 12.4. The Morgan fingerprint density at radius 2 is 1.88 bits per heavy atom. The number of hydrogen-bond acceptors (Lipinski definition) is 4. The van der Waals surface area contributed by atoms with E-state index >= 15 is 0 Å². The average molecular weight is 357 g/mol. The Balaban J connectivity index is 2.74. The summed E-state index contributed by atoms with van der Waals surface area (Å²) in [5.74, 6) is 0.177. The van der Waals surface area contributed by atoms with Crippen molar-refractivity contribution in [2.75, 3.05) is 12.4 Å². The standard InChI is InChI=1S/C20H27N3O3/c1-5-17(20(25)22-16-10-8-7-9-11-16)23-18(6-2)21-14-15(3)12-13-19(24)26-4/h7-14,17H,5-6H2,1-4H3,(H,21,23)(H,22,25)/b13-12+,15-14+/t17-/m1/s1. The molecular formula is C20H27N3O3. The first-order chi connectivity index (χ1) is 12.5. The zero-order valence-corrected chi connectivity index (χ0v) is 15.8. The molecule has 6 heteroatoms. The van der Waals surface area contributed by atoms with Crippen LogP contribution in [0.1, 0.15) is 33.6 Å². The highest BCUT2D eigenvalue weighted by atomic mass is 16.5. The molecule has 0 saturated heterocycles. The molecule has 0 aliphatic carbocycles. The van der Waals surface area contributed by atoms with Crippen molar-refractivity contribution in [2.45, 2.75) is 39.7 Å². The topological polar surface area (TPSA) is 79.8 Å². The minimum atomic E-state index is -0.417. The SMILES string of the molecule is CC\C(=N/C=C(C)/C=C/C(=O)OC)N[C@H](CC)C(=O)Nc1ccccc1. The third-order valence-corrected chi connectivity index (χ3v) is 3.55. The summed E-state index contributed by atoms with van der Waals surface area (Å²) in [6.07, 6.45) is 5.89. The number of anilines is 1. The van der Waals surface area contributed by atoms with E-state index in [1.165, 1.54) is 13.2 Å². The van der Waals surface area contributed by atoms with Gasteiger partial charge in [0.05, 0.1) is 7.11 Å². The summed E-state index contributed by atoms with van der Waals surface area (Å²) < 4.78 is 4.54. The molecule has 1 rings (SSSR count). The zero-order chi connectivity index (χ0) is 19.4. The first kappa shape index (κ1) is 21.2. The number of esters is 1. The number of hydrogen-bond donors (Lipinski definition) is 2. The van der Waals surface area contributed by atoms with Crippen LogP contribution in [0.4, 0.5) is 5.69 Å². The van der Waals surface area contributed by atoms with Crippen molar-refractivity contribution in [1.82, 2.24) is 5.32 Å². The molecule has 0 spiro atoms. The Morgan fingerprint density at radius 3 is 2.46 bits per heavy atom. The predicted octanol–water partition coefficient (Wildman–Crippen LogP) is 3.43. The molecule has 0 saturated carbocycles. The fourth-order valence-corrected chi connectivity index (χ4v) is 2.03. The van der Waals surface area contributed by atoms with Gasteiger partial charge in [0.1, 0.15) is 11.9 Å². The van der Waals surface area contributed by atoms with Gasteiger partial charge in [-0.3, -0.25) is 4.79 Å². The van der Waals surface area contributed by atoms with Crippen LogP contribution in [0.25, 0.3) is 0 Å². The van der Waals surface area contributed by atoms with E-state index in [1.807, 2.05) is 51.1 Å². The first-order valence-electron chi connectivity index (χ1n) is 8.62. The molecule has 2 N–H and O–H groups in total. The lowest BCUT2D eigenvalue weighted by Crippen LogP contribution is -2.43. The molecule has 6 nitrogen and oxygen atoms in total. The predicted molar refractivity (Wildman–Crippen MR) is 105 cm³/mol. The number of para-hydroxylation sites is 1. The second-order valence-corrected chi connectivity index (χ2v) is 5.62. The quantitative estimate of drug-likeness (QED) is 0.246. The third-order valence-electron chi connectivity index (χ3n) is 3.55. The van der Waals surface area contributed by atoms with Gasteiger partial charge < -0.3 is 15.4 Å². The molecule has 0 unspecified atom stereocenters. The van der Waals surface area contributed by atoms with Crippen LogP contribution in [0.3, 0.4) is 0 Å². The van der Waals surface area contributed by atoms with Crippen molar-refractivity contribution >= 4 is 23.4 Å². The molecule has 1 aromatic carbocycles. The number of nitrogens with one attached hydrogen (secondary N) is 2. The van der Waals surface area contributed by atoms with Crippen LogP contribution < -0.4 is 10.6 Å². The number of allylic oxidation sites excluding steroid dienone is 2. The van der Waals surface area contributed by atoms with Crippen molar-refractivity contribution in [1.29, 1.82) is 0 Å². The Kier molecular flexibility index (Phi) is 9.46. The molecule has 1 amide bonds. The monoisotopic (exact) mass is 357 g/mol. The van der Waals surface area contributed by atoms with E-state index in [-0.39, 0.29) is 11.9 Å². The zero-order valence-electron chi connectivity index (χ0n) is 15.8. The first-order valence-corrected chi connectivity index (χ1v) is 8.62. The smallest absolute Gasteiger partial charge is 0.330 e. The lowest BCUT2D eigenvalue weighted by molar-refractivity contribution is -0.134. The molecule has 1 atom stereocenters. The molecule has 0 fully saturated rings. The maximum Gasteiger partial charge on any atom is 0.330 e. The highest BCUT2D eigenvalue weighted by Gasteiger charge is 2.17. The summed E-state index contributed by atoms with van der Waals surface area (Å²) >= 11 is 0. The van der Waals surface area contributed by atoms with Crippen molar-refractivity contribution in [2.24, 2.45) is 4.99 Å². The van der Waals surface area contributed by atoms with Gasteiger partial charge in [0.2, 0.25) is 5.91 Å². The van der Waals surface area contributed by atoms with Crippen LogP contribution in [-0.2, 0) is 14.3 Å². The van der Waals surface area contributed by atoms with Gasteiger partial charge in [-0.05, 0) is 31.1 Å². The van der Waals surface area contributed by atoms with E-state index < -0.39 is 5.97 Å². The Hall–Kier alpha value is -2.89. The lowest BCUT2D eigenvalue weighted by atomic mass is 10.2. The molecule has 0 aliphatic rings. The number of amidine groups is 1. The number of amides is 1. The number of ether oxygens (including phenoxy) is 1. The highest BCUT2D eigenvalue weighted by molar-refractivity contribution is 5.98. The van der Waals surface area contributed by atoms with Gasteiger partial charge in [-0.15, -0.1) is 0 Å². The minimum Gasteiger partial charge on any atom is -0.466 e. The van der Waals surface area contributed by atoms with Gasteiger partial charge >= 0.3 is 5.97 Å². The lowest BCUT2D eigenvalue weighted by Gasteiger charge is -2.18. The normalized spacial score (nSPS) is 13.4. The van der Waals surface area contributed by atoms with Gasteiger partial charge in [-0.25, -0.2) is 9.79 Å². The summed E-state index contributed by atoms with van der Waals surface area (Å²) in [7, 11) is 1.33. The largest absolute Gasteiger partial charge is 0.466 e. The fraction of sp³-hybridized carbons (Fsp3) is 0.350. The van der Waals surface area contributed by atoms with Gasteiger partial charge in [-0.2, -0.15) is 0 Å². The van der Waals surface area contributed by atoms with Crippen LogP contribution >= 0.6 is 0 Å². The molecular weight excluding hydrogens is 330 g/mol. The molecule has 1 aromatic rings. The van der Waals surface area contributed by atoms with E-state index in [9.17, 15) is 9.59 Å². The number of methoxy groups -OCH3 is 1. The van der Waals surface area contributed by atoms with Crippen molar-refractivity contribution in [3.05, 3.63) is 54.3 Å². The fourth-order valence-electron chi connectivity index (χ4n) is 2.03. The van der Waals surface area contributed by atoms with Gasteiger partial charge in [0.15, 0.2) is 0 Å². The average Bonchev–Trinajstić information content (AvgIpc) is 2.66. The van der Waals surface area contributed by atoms with Gasteiger partial charge in [-0.1, -0.05) is 38.1 Å². The molecule has 140 valence electrons. The number of nitrogens with zero attached hydrogens (tertiary/aromatic N) is 1. The van der Waals surface area contributed by atoms with Crippen LogP contribution in [0.2, 0.25) is 0 Å². The number of carbonyl (C=O) groups is 2. The van der Waals surface area contributed by atoms with Crippen molar-refractivity contribution in [3.8, 4) is 0 Å². The Labute approximate surface area is 155 Å². The van der Waals surface area contributed by atoms with E-state index in [1.54, 1.807) is 12.3 Å². The third kappa shape index (κ3) is 7.79. The molecule has 0 aliphatic heterocycles. The molecule has 0 aromatic heterocycles. The summed E-state index contributed by atoms with van der Waals surface area (Å²) in [4.78, 5) is 27.9. The van der Waals surface area contributed by atoms with Crippen LogP contribution in [0, 0.1) is 0 Å². The summed E-state index contributed by atoms with van der Waals surface area (Å²) in [6, 6.07) is 8.96. The van der Waals surface area contributed by atoms with Gasteiger partial charge in [0, 0.05) is 24.4 Å². The van der Waals surface area contributed by atoms with Gasteiger partial charge in [0.25, 0.3) is 0 Å². The second-order valence-electron chi connectivity index (χ2n) is 5.62. The molecule has 0 radical (unpaired) electrons. The van der Waals surface area contributed by atoms with E-state index in [2.05, 4.69) is 20.4 Å². The van der Waals surface area contributed by atoms with E-state index in [4.69, 9.17) is 0 Å². The molecule has 26 heavy (non-hydrogen) atoms. The van der Waals surface area contributed by atoms with E-state index in [0.29, 0.717) is 18.7 Å². The summed E-state index contributed by atoms with van der Waals surface area (Å²) in [6.45, 7) is 5.73. The molecule has 0 heterocycles. The number of rotatable bonds is 8. The maximum atomic E-state index is 12.4. The highest BCUT2D eigenvalue weighted by Crippen LogP contribution is 2.07. The summed E-state index contributed by atoms with van der Waals surface area (Å²) in [5, 5.41) is 6.07. The van der Waals surface area contributed by atoms with Crippen LogP contribution in [0.5, 0.6) is 0 Å². The number of aliphatic imine (C=N–C) groups is 1. The van der Waals surface area contributed by atoms with Crippen LogP contribution in [-0.4, -0.2) is 30.9 Å². The van der Waals surface area contributed by atoms with Crippen molar-refractivity contribution < 1.29 is 14.3 Å². The Morgan fingerprint density at radius 1 is 1.19 bits per heavy atom. The van der Waals surface area contributed by atoms with Crippen molar-refractivity contribution in [3.63, 3.8) is 0 Å².